The molecule has 1 heteroatoms. The summed E-state index contributed by atoms with van der Waals surface area (Å²) in [6, 6.07) is 1.65. The van der Waals surface area contributed by atoms with Crippen molar-refractivity contribution >= 4 is 0 Å². The summed E-state index contributed by atoms with van der Waals surface area (Å²) in [4.78, 5) is 0. The zero-order chi connectivity index (χ0) is 11.4. The summed E-state index contributed by atoms with van der Waals surface area (Å²) in [5, 5.41) is 3.97. The Morgan fingerprint density at radius 3 is 1.94 bits per heavy atom. The van der Waals surface area contributed by atoms with E-state index in [4.69, 9.17) is 0 Å². The third kappa shape index (κ3) is 3.23. The Morgan fingerprint density at radius 2 is 1.38 bits per heavy atom. The first kappa shape index (κ1) is 12.4. The molecule has 3 atom stereocenters. The predicted octanol–water partition coefficient (Wildman–Crippen LogP) is 4.12. The molecule has 1 N–H and O–H groups in total. The molecule has 3 unspecified atom stereocenters. The molecule has 0 bridgehead atoms. The second-order valence-corrected chi connectivity index (χ2v) is 6.23. The average Bonchev–Trinajstić information content (AvgIpc) is 2.53. The van der Waals surface area contributed by atoms with Crippen LogP contribution in [0, 0.1) is 11.8 Å². The maximum Gasteiger partial charge on any atom is 0.00979 e. The number of hydrogen-bond donors (Lipinski definition) is 1. The van der Waals surface area contributed by atoms with Gasteiger partial charge < -0.3 is 5.32 Å². The molecule has 2 fully saturated rings. The summed E-state index contributed by atoms with van der Waals surface area (Å²) in [5.41, 5.74) is 0. The quantitative estimate of drug-likeness (QED) is 0.742. The van der Waals surface area contributed by atoms with Crippen molar-refractivity contribution < 1.29 is 0 Å². The van der Waals surface area contributed by atoms with Crippen LogP contribution in [-0.4, -0.2) is 12.1 Å². The Morgan fingerprint density at radius 1 is 0.750 bits per heavy atom. The van der Waals surface area contributed by atoms with E-state index >= 15 is 0 Å². The summed E-state index contributed by atoms with van der Waals surface area (Å²) >= 11 is 0. The molecule has 2 saturated carbocycles. The van der Waals surface area contributed by atoms with Gasteiger partial charge in [-0.25, -0.2) is 0 Å². The molecule has 0 aliphatic heterocycles. The third-order valence-electron chi connectivity index (χ3n) is 5.02. The van der Waals surface area contributed by atoms with Crippen LogP contribution in [0.15, 0.2) is 0 Å². The molecule has 0 spiro atoms. The van der Waals surface area contributed by atoms with Crippen LogP contribution in [0.25, 0.3) is 0 Å². The smallest absolute Gasteiger partial charge is 0.00979 e. The van der Waals surface area contributed by atoms with E-state index in [-0.39, 0.29) is 0 Å². The number of hydrogen-bond acceptors (Lipinski definition) is 1. The molecule has 94 valence electrons. The summed E-state index contributed by atoms with van der Waals surface area (Å²) in [6.07, 6.45) is 13.0. The first-order valence-electron chi connectivity index (χ1n) is 7.53. The van der Waals surface area contributed by atoms with Crippen molar-refractivity contribution in [3.63, 3.8) is 0 Å². The maximum absolute atomic E-state index is 3.97. The van der Waals surface area contributed by atoms with Gasteiger partial charge in [0.15, 0.2) is 0 Å². The van der Waals surface area contributed by atoms with E-state index in [1.54, 1.807) is 0 Å². The number of rotatable bonds is 2. The van der Waals surface area contributed by atoms with Crippen molar-refractivity contribution in [1.29, 1.82) is 0 Å². The largest absolute Gasteiger partial charge is 0.311 e. The van der Waals surface area contributed by atoms with Crippen LogP contribution in [0.5, 0.6) is 0 Å². The molecule has 0 amide bonds. The van der Waals surface area contributed by atoms with E-state index < -0.39 is 0 Å². The highest BCUT2D eigenvalue weighted by molar-refractivity contribution is 4.87. The van der Waals surface area contributed by atoms with Gasteiger partial charge in [-0.1, -0.05) is 46.0 Å². The van der Waals surface area contributed by atoms with Gasteiger partial charge in [-0.2, -0.15) is 0 Å². The molecule has 0 heterocycles. The Balaban J connectivity index is 1.78. The lowest BCUT2D eigenvalue weighted by Crippen LogP contribution is -2.40. The van der Waals surface area contributed by atoms with Gasteiger partial charge in [-0.15, -0.1) is 0 Å². The fraction of sp³-hybridized carbons (Fsp3) is 1.00. The second-order valence-electron chi connectivity index (χ2n) is 6.23. The molecular formula is C15H29N. The molecule has 2 aliphatic rings. The lowest BCUT2D eigenvalue weighted by Gasteiger charge is -2.28. The molecule has 0 aromatic carbocycles. The SMILES string of the molecule is CC1CCC(NC2CCCCCCC2)C1C. The van der Waals surface area contributed by atoms with Gasteiger partial charge in [0.1, 0.15) is 0 Å². The van der Waals surface area contributed by atoms with Crippen molar-refractivity contribution in [3.05, 3.63) is 0 Å². The maximum atomic E-state index is 3.97. The average molecular weight is 223 g/mol. The fourth-order valence-corrected chi connectivity index (χ4v) is 3.53. The van der Waals surface area contributed by atoms with E-state index in [9.17, 15) is 0 Å². The van der Waals surface area contributed by atoms with Crippen LogP contribution in [0.4, 0.5) is 0 Å². The normalized spacial score (nSPS) is 38.2. The Bertz CT molecular complexity index is 194. The van der Waals surface area contributed by atoms with Crippen LogP contribution in [0.3, 0.4) is 0 Å². The topological polar surface area (TPSA) is 12.0 Å². The van der Waals surface area contributed by atoms with Crippen LogP contribution in [-0.2, 0) is 0 Å². The molecule has 2 rings (SSSR count). The summed E-state index contributed by atoms with van der Waals surface area (Å²) in [7, 11) is 0. The Hall–Kier alpha value is -0.0400. The molecule has 0 radical (unpaired) electrons. The zero-order valence-corrected chi connectivity index (χ0v) is 11.2. The van der Waals surface area contributed by atoms with Crippen LogP contribution >= 0.6 is 0 Å². The van der Waals surface area contributed by atoms with Crippen molar-refractivity contribution in [1.82, 2.24) is 5.32 Å². The van der Waals surface area contributed by atoms with Crippen molar-refractivity contribution in [2.75, 3.05) is 0 Å². The molecule has 1 nitrogen and oxygen atoms in total. The van der Waals surface area contributed by atoms with E-state index in [2.05, 4.69) is 19.2 Å². The lowest BCUT2D eigenvalue weighted by atomic mass is 9.93. The molecule has 0 aromatic rings. The van der Waals surface area contributed by atoms with E-state index in [0.717, 1.165) is 23.9 Å². The van der Waals surface area contributed by atoms with Crippen LogP contribution in [0.1, 0.15) is 71.6 Å². The number of nitrogens with one attached hydrogen (secondary N) is 1. The van der Waals surface area contributed by atoms with Gasteiger partial charge >= 0.3 is 0 Å². The fourth-order valence-electron chi connectivity index (χ4n) is 3.53. The third-order valence-corrected chi connectivity index (χ3v) is 5.02. The van der Waals surface area contributed by atoms with Crippen LogP contribution in [0.2, 0.25) is 0 Å². The predicted molar refractivity (Wildman–Crippen MR) is 70.6 cm³/mol. The van der Waals surface area contributed by atoms with Gasteiger partial charge in [0.05, 0.1) is 0 Å². The Labute approximate surface area is 101 Å². The molecule has 2 aliphatic carbocycles. The molecule has 16 heavy (non-hydrogen) atoms. The summed E-state index contributed by atoms with van der Waals surface area (Å²) < 4.78 is 0. The highest BCUT2D eigenvalue weighted by atomic mass is 15.0. The standard InChI is InChI=1S/C15H29N/c1-12-10-11-15(13(12)2)16-14-8-6-4-3-5-7-9-14/h12-16H,3-11H2,1-2H3. The zero-order valence-electron chi connectivity index (χ0n) is 11.2. The Kier molecular flexibility index (Phi) is 4.69. The van der Waals surface area contributed by atoms with E-state index in [1.165, 1.54) is 57.8 Å². The minimum atomic E-state index is 0.819. The first-order chi connectivity index (χ1) is 7.77. The summed E-state index contributed by atoms with van der Waals surface area (Å²) in [5.74, 6) is 1.83. The summed E-state index contributed by atoms with van der Waals surface area (Å²) in [6.45, 7) is 4.86. The van der Waals surface area contributed by atoms with Gasteiger partial charge in [0.2, 0.25) is 0 Å². The minimum Gasteiger partial charge on any atom is -0.311 e. The molecular weight excluding hydrogens is 194 g/mol. The lowest BCUT2D eigenvalue weighted by molar-refractivity contribution is 0.302. The van der Waals surface area contributed by atoms with E-state index in [0.29, 0.717) is 0 Å². The van der Waals surface area contributed by atoms with Crippen molar-refractivity contribution in [2.45, 2.75) is 83.7 Å². The second kappa shape index (κ2) is 6.05. The van der Waals surface area contributed by atoms with Gasteiger partial charge in [-0.3, -0.25) is 0 Å². The van der Waals surface area contributed by atoms with Gasteiger partial charge in [-0.05, 0) is 37.5 Å². The minimum absolute atomic E-state index is 0.819. The van der Waals surface area contributed by atoms with Crippen LogP contribution < -0.4 is 5.32 Å². The van der Waals surface area contributed by atoms with Gasteiger partial charge in [0, 0.05) is 12.1 Å². The monoisotopic (exact) mass is 223 g/mol. The molecule has 0 saturated heterocycles. The van der Waals surface area contributed by atoms with E-state index in [1.807, 2.05) is 0 Å². The van der Waals surface area contributed by atoms with Gasteiger partial charge in [0.25, 0.3) is 0 Å². The molecule has 0 aromatic heterocycles. The van der Waals surface area contributed by atoms with Crippen molar-refractivity contribution in [3.8, 4) is 0 Å². The highest BCUT2D eigenvalue weighted by Gasteiger charge is 2.30. The first-order valence-corrected chi connectivity index (χ1v) is 7.53. The van der Waals surface area contributed by atoms with Crippen molar-refractivity contribution in [2.24, 2.45) is 11.8 Å². The highest BCUT2D eigenvalue weighted by Crippen LogP contribution is 2.32.